The van der Waals surface area contributed by atoms with Crippen LogP contribution in [-0.4, -0.2) is 35.5 Å². The number of methoxy groups -OCH3 is 1. The molecule has 1 aromatic heterocycles. The molecule has 0 bridgehead atoms. The SMILES string of the molecule is COc1cccc(NC(=O)COc2ccc(C(=O)N[C@@H](c3nc4ccccc4[nH]3)C(C)C)cc2)c1. The van der Waals surface area contributed by atoms with Gasteiger partial charge in [0, 0.05) is 17.3 Å². The number of imidazole rings is 1. The summed E-state index contributed by atoms with van der Waals surface area (Å²) in [5, 5.41) is 5.83. The number of nitrogens with zero attached hydrogens (tertiary/aromatic N) is 1. The van der Waals surface area contributed by atoms with Crippen molar-refractivity contribution in [2.45, 2.75) is 19.9 Å². The Morgan fingerprint density at radius 3 is 2.46 bits per heavy atom. The lowest BCUT2D eigenvalue weighted by molar-refractivity contribution is -0.118. The summed E-state index contributed by atoms with van der Waals surface area (Å²) in [5.41, 5.74) is 2.90. The molecule has 0 saturated carbocycles. The van der Waals surface area contributed by atoms with Gasteiger partial charge in [0.15, 0.2) is 6.61 Å². The number of benzene rings is 3. The summed E-state index contributed by atoms with van der Waals surface area (Å²) in [4.78, 5) is 33.1. The fourth-order valence-electron chi connectivity index (χ4n) is 3.64. The number of carbonyl (C=O) groups is 2. The molecule has 0 aliphatic heterocycles. The Hall–Kier alpha value is -4.33. The molecule has 35 heavy (non-hydrogen) atoms. The third-order valence-corrected chi connectivity index (χ3v) is 5.50. The van der Waals surface area contributed by atoms with E-state index in [9.17, 15) is 9.59 Å². The predicted octanol–water partition coefficient (Wildman–Crippen LogP) is 4.72. The Balaban J connectivity index is 1.34. The van der Waals surface area contributed by atoms with Crippen molar-refractivity contribution >= 4 is 28.5 Å². The Kier molecular flexibility index (Phi) is 7.30. The van der Waals surface area contributed by atoms with Crippen LogP contribution < -0.4 is 20.1 Å². The average molecular weight is 473 g/mol. The quantitative estimate of drug-likeness (QED) is 0.327. The Morgan fingerprint density at radius 2 is 1.74 bits per heavy atom. The third-order valence-electron chi connectivity index (χ3n) is 5.50. The number of H-pyrrole nitrogens is 1. The van der Waals surface area contributed by atoms with Crippen LogP contribution in [0.4, 0.5) is 5.69 Å². The number of hydrogen-bond donors (Lipinski definition) is 3. The number of anilines is 1. The van der Waals surface area contributed by atoms with Crippen LogP contribution in [0.3, 0.4) is 0 Å². The minimum absolute atomic E-state index is 0.130. The standard InChI is InChI=1S/C27H28N4O4/c1-17(2)25(26-29-22-9-4-5-10-23(22)30-26)31-27(33)18-11-13-20(14-12-18)35-16-24(32)28-19-7-6-8-21(15-19)34-3/h4-15,17,25H,16H2,1-3H3,(H,28,32)(H,29,30)(H,31,33)/t25-/m1/s1. The predicted molar refractivity (Wildman–Crippen MR) is 135 cm³/mol. The fourth-order valence-corrected chi connectivity index (χ4v) is 3.64. The number of carbonyl (C=O) groups excluding carboxylic acids is 2. The second-order valence-electron chi connectivity index (χ2n) is 8.43. The average Bonchev–Trinajstić information content (AvgIpc) is 3.30. The molecule has 0 fully saturated rings. The Bertz CT molecular complexity index is 1280. The van der Waals surface area contributed by atoms with Gasteiger partial charge in [-0.25, -0.2) is 4.98 Å². The molecule has 0 saturated heterocycles. The van der Waals surface area contributed by atoms with E-state index in [1.807, 2.05) is 38.1 Å². The van der Waals surface area contributed by atoms with Crippen LogP contribution in [0.15, 0.2) is 72.8 Å². The molecule has 8 nitrogen and oxygen atoms in total. The van der Waals surface area contributed by atoms with Gasteiger partial charge in [-0.3, -0.25) is 9.59 Å². The van der Waals surface area contributed by atoms with E-state index in [1.54, 1.807) is 55.6 Å². The van der Waals surface area contributed by atoms with Crippen LogP contribution in [0.5, 0.6) is 11.5 Å². The molecule has 0 spiro atoms. The number of nitrogens with one attached hydrogen (secondary N) is 3. The monoisotopic (exact) mass is 472 g/mol. The molecule has 4 aromatic rings. The molecule has 2 amide bonds. The van der Waals surface area contributed by atoms with Crippen molar-refractivity contribution in [3.05, 3.63) is 84.2 Å². The van der Waals surface area contributed by atoms with Crippen LogP contribution in [0.1, 0.15) is 36.1 Å². The molecular formula is C27H28N4O4. The number of amides is 2. The third kappa shape index (κ3) is 5.97. The van der Waals surface area contributed by atoms with E-state index < -0.39 is 0 Å². The van der Waals surface area contributed by atoms with Gasteiger partial charge in [-0.05, 0) is 54.4 Å². The Morgan fingerprint density at radius 1 is 0.971 bits per heavy atom. The first-order valence-corrected chi connectivity index (χ1v) is 11.3. The highest BCUT2D eigenvalue weighted by Crippen LogP contribution is 2.23. The first-order valence-electron chi connectivity index (χ1n) is 11.3. The van der Waals surface area contributed by atoms with Gasteiger partial charge in [0.2, 0.25) is 0 Å². The van der Waals surface area contributed by atoms with Crippen LogP contribution in [0.2, 0.25) is 0 Å². The summed E-state index contributed by atoms with van der Waals surface area (Å²) in [6.07, 6.45) is 0. The van der Waals surface area contributed by atoms with Crippen molar-refractivity contribution in [1.82, 2.24) is 15.3 Å². The highest BCUT2D eigenvalue weighted by Gasteiger charge is 2.22. The lowest BCUT2D eigenvalue weighted by Crippen LogP contribution is -2.32. The van der Waals surface area contributed by atoms with Gasteiger partial charge >= 0.3 is 0 Å². The van der Waals surface area contributed by atoms with E-state index in [-0.39, 0.29) is 30.4 Å². The first kappa shape index (κ1) is 23.8. The van der Waals surface area contributed by atoms with Crippen LogP contribution in [0.25, 0.3) is 11.0 Å². The van der Waals surface area contributed by atoms with Gasteiger partial charge in [-0.2, -0.15) is 0 Å². The second-order valence-corrected chi connectivity index (χ2v) is 8.43. The molecule has 1 atom stereocenters. The summed E-state index contributed by atoms with van der Waals surface area (Å²) in [7, 11) is 1.57. The highest BCUT2D eigenvalue weighted by molar-refractivity contribution is 5.94. The largest absolute Gasteiger partial charge is 0.497 e. The normalized spacial score (nSPS) is 11.8. The van der Waals surface area contributed by atoms with Gasteiger partial charge in [0.1, 0.15) is 17.3 Å². The molecular weight excluding hydrogens is 444 g/mol. The van der Waals surface area contributed by atoms with E-state index in [0.29, 0.717) is 22.7 Å². The number of hydrogen-bond acceptors (Lipinski definition) is 5. The number of aromatic nitrogens is 2. The maximum atomic E-state index is 12.9. The number of fused-ring (bicyclic) bond motifs is 1. The van der Waals surface area contributed by atoms with Crippen molar-refractivity contribution in [3.8, 4) is 11.5 Å². The van der Waals surface area contributed by atoms with E-state index in [0.717, 1.165) is 16.9 Å². The molecule has 0 radical (unpaired) electrons. The molecule has 0 unspecified atom stereocenters. The fraction of sp³-hybridized carbons (Fsp3) is 0.222. The van der Waals surface area contributed by atoms with Crippen molar-refractivity contribution in [2.24, 2.45) is 5.92 Å². The number of aromatic amines is 1. The minimum Gasteiger partial charge on any atom is -0.497 e. The van der Waals surface area contributed by atoms with Crippen molar-refractivity contribution in [2.75, 3.05) is 19.0 Å². The molecule has 0 aliphatic carbocycles. The zero-order chi connectivity index (χ0) is 24.8. The van der Waals surface area contributed by atoms with E-state index in [4.69, 9.17) is 9.47 Å². The summed E-state index contributed by atoms with van der Waals surface area (Å²) < 4.78 is 10.7. The summed E-state index contributed by atoms with van der Waals surface area (Å²) in [5.74, 6) is 1.47. The maximum Gasteiger partial charge on any atom is 0.262 e. The summed E-state index contributed by atoms with van der Waals surface area (Å²) >= 11 is 0. The number of ether oxygens (including phenoxy) is 2. The lowest BCUT2D eigenvalue weighted by Gasteiger charge is -2.20. The van der Waals surface area contributed by atoms with E-state index >= 15 is 0 Å². The maximum absolute atomic E-state index is 12.9. The second kappa shape index (κ2) is 10.7. The van der Waals surface area contributed by atoms with Gasteiger partial charge < -0.3 is 25.1 Å². The van der Waals surface area contributed by atoms with Gasteiger partial charge in [-0.15, -0.1) is 0 Å². The number of para-hydroxylation sites is 2. The zero-order valence-corrected chi connectivity index (χ0v) is 19.9. The molecule has 3 aromatic carbocycles. The van der Waals surface area contributed by atoms with Crippen molar-refractivity contribution in [1.29, 1.82) is 0 Å². The van der Waals surface area contributed by atoms with Gasteiger partial charge in [-0.1, -0.05) is 32.0 Å². The molecule has 0 aliphatic rings. The van der Waals surface area contributed by atoms with Crippen LogP contribution >= 0.6 is 0 Å². The molecule has 180 valence electrons. The minimum atomic E-state index is -0.300. The summed E-state index contributed by atoms with van der Waals surface area (Å²) in [6.45, 7) is 3.90. The topological polar surface area (TPSA) is 105 Å². The van der Waals surface area contributed by atoms with Gasteiger partial charge in [0.25, 0.3) is 11.8 Å². The van der Waals surface area contributed by atoms with Crippen LogP contribution in [0, 0.1) is 5.92 Å². The zero-order valence-electron chi connectivity index (χ0n) is 19.9. The molecule has 3 N–H and O–H groups in total. The highest BCUT2D eigenvalue weighted by atomic mass is 16.5. The van der Waals surface area contributed by atoms with Crippen molar-refractivity contribution < 1.29 is 19.1 Å². The van der Waals surface area contributed by atoms with E-state index in [2.05, 4.69) is 20.6 Å². The summed E-state index contributed by atoms with van der Waals surface area (Å²) in [6, 6.07) is 21.2. The number of rotatable bonds is 9. The van der Waals surface area contributed by atoms with E-state index in [1.165, 1.54) is 0 Å². The smallest absolute Gasteiger partial charge is 0.262 e. The molecule has 1 heterocycles. The van der Waals surface area contributed by atoms with Gasteiger partial charge in [0.05, 0.1) is 24.2 Å². The van der Waals surface area contributed by atoms with Crippen molar-refractivity contribution in [3.63, 3.8) is 0 Å². The lowest BCUT2D eigenvalue weighted by atomic mass is 10.0. The molecule has 4 rings (SSSR count). The first-order chi connectivity index (χ1) is 16.9. The molecule has 8 heteroatoms. The Labute approximate surface area is 203 Å². The van der Waals surface area contributed by atoms with Crippen LogP contribution in [-0.2, 0) is 4.79 Å².